The number of nitrogens with zero attached hydrogens (tertiary/aromatic N) is 2. The molecular weight excluding hydrogens is 411 g/mol. The smallest absolute Gasteiger partial charge is 0.188 e. The molecule has 0 aliphatic rings. The van der Waals surface area contributed by atoms with Crippen LogP contribution in [0, 0.1) is 5.82 Å². The van der Waals surface area contributed by atoms with Crippen LogP contribution >= 0.6 is 0 Å². The predicted octanol–water partition coefficient (Wildman–Crippen LogP) is 3.26. The van der Waals surface area contributed by atoms with E-state index >= 15 is 0 Å². The summed E-state index contributed by atoms with van der Waals surface area (Å²) in [5.74, 6) is -0.319. The molecule has 0 aliphatic heterocycles. The van der Waals surface area contributed by atoms with Crippen molar-refractivity contribution < 1.29 is 27.4 Å². The normalized spacial score (nSPS) is 12.4. The molecule has 0 atom stereocenters. The van der Waals surface area contributed by atoms with Gasteiger partial charge in [0.25, 0.3) is 0 Å². The van der Waals surface area contributed by atoms with Crippen LogP contribution in [0.1, 0.15) is 26.3 Å². The lowest BCUT2D eigenvalue weighted by molar-refractivity contribution is 0.295. The van der Waals surface area contributed by atoms with E-state index in [1.807, 2.05) is 0 Å². The maximum Gasteiger partial charge on any atom is 0.188 e. The molecule has 9 heteroatoms. The minimum absolute atomic E-state index is 0.0221. The van der Waals surface area contributed by atoms with Crippen LogP contribution in [-0.4, -0.2) is 48.5 Å². The molecule has 1 aromatic carbocycles. The molecular formula is C21H25FN2O5S. The number of rotatable bonds is 6. The van der Waals surface area contributed by atoms with Crippen LogP contribution in [0.4, 0.5) is 4.39 Å². The van der Waals surface area contributed by atoms with Crippen LogP contribution in [0.5, 0.6) is 11.5 Å². The van der Waals surface area contributed by atoms with Gasteiger partial charge in [0.2, 0.25) is 0 Å². The summed E-state index contributed by atoms with van der Waals surface area (Å²) >= 11 is 0. The highest BCUT2D eigenvalue weighted by molar-refractivity contribution is 7.92. The third-order valence-corrected chi connectivity index (χ3v) is 7.39. The lowest BCUT2D eigenvalue weighted by Crippen LogP contribution is -2.28. The molecule has 3 rings (SSSR count). The van der Waals surface area contributed by atoms with Crippen molar-refractivity contribution in [2.24, 2.45) is 0 Å². The first-order valence-corrected chi connectivity index (χ1v) is 10.8. The summed E-state index contributed by atoms with van der Waals surface area (Å²) in [6, 6.07) is 4.53. The maximum absolute atomic E-state index is 14.6. The quantitative estimate of drug-likeness (QED) is 0.638. The first-order chi connectivity index (χ1) is 14.0. The monoisotopic (exact) mass is 436 g/mol. The first kappa shape index (κ1) is 22.0. The van der Waals surface area contributed by atoms with Crippen molar-refractivity contribution in [2.45, 2.75) is 36.8 Å². The van der Waals surface area contributed by atoms with E-state index < -0.39 is 20.4 Å². The molecule has 0 bridgehead atoms. The molecule has 0 radical (unpaired) electrons. The zero-order valence-electron chi connectivity index (χ0n) is 17.6. The minimum atomic E-state index is -3.72. The second-order valence-corrected chi connectivity index (χ2v) is 10.5. The van der Waals surface area contributed by atoms with Crippen molar-refractivity contribution >= 4 is 15.5 Å². The van der Waals surface area contributed by atoms with Gasteiger partial charge < -0.3 is 14.6 Å². The number of methoxy groups -OCH3 is 2. The zero-order valence-corrected chi connectivity index (χ0v) is 18.4. The van der Waals surface area contributed by atoms with Gasteiger partial charge >= 0.3 is 0 Å². The van der Waals surface area contributed by atoms with E-state index in [0.717, 1.165) is 0 Å². The highest BCUT2D eigenvalue weighted by Crippen LogP contribution is 2.35. The summed E-state index contributed by atoms with van der Waals surface area (Å²) in [6.07, 6.45) is 3.19. The van der Waals surface area contributed by atoms with Crippen molar-refractivity contribution in [1.82, 2.24) is 9.38 Å². The number of imidazole rings is 1. The fourth-order valence-electron chi connectivity index (χ4n) is 3.22. The van der Waals surface area contributed by atoms with Crippen LogP contribution in [0.2, 0.25) is 0 Å². The molecule has 2 aromatic heterocycles. The third kappa shape index (κ3) is 3.63. The second-order valence-electron chi connectivity index (χ2n) is 7.82. The van der Waals surface area contributed by atoms with Crippen molar-refractivity contribution in [1.29, 1.82) is 0 Å². The average Bonchev–Trinajstić information content (AvgIpc) is 3.09. The fraction of sp³-hybridized carbons (Fsp3) is 0.381. The summed E-state index contributed by atoms with van der Waals surface area (Å²) in [5, 5.41) is 9.31. The maximum atomic E-state index is 14.6. The molecule has 30 heavy (non-hydrogen) atoms. The summed E-state index contributed by atoms with van der Waals surface area (Å²) in [6.45, 7) is 4.67. The van der Waals surface area contributed by atoms with E-state index in [-0.39, 0.29) is 29.4 Å². The molecule has 1 N–H and O–H groups in total. The van der Waals surface area contributed by atoms with E-state index in [1.165, 1.54) is 38.7 Å². The van der Waals surface area contributed by atoms with Crippen LogP contribution in [-0.2, 0) is 16.3 Å². The predicted molar refractivity (Wildman–Crippen MR) is 111 cm³/mol. The van der Waals surface area contributed by atoms with Gasteiger partial charge in [0.05, 0.1) is 30.9 Å². The molecule has 0 unspecified atom stereocenters. The molecule has 3 aromatic rings. The van der Waals surface area contributed by atoms with Crippen LogP contribution in [0.3, 0.4) is 0 Å². The number of ether oxygens (including phenoxy) is 2. The first-order valence-electron chi connectivity index (χ1n) is 9.32. The standard InChI is InChI=1S/C21H25FN2O5S/c1-21(2,3)30(26,27)18-12-24-16(11-23-19(24)10-17(18)28-4)14-8-13(6-7-25)20(29-5)15(22)9-14/h8-12,25H,6-7H2,1-5H3. The summed E-state index contributed by atoms with van der Waals surface area (Å²) < 4.78 is 51.8. The Labute approximate surface area is 175 Å². The van der Waals surface area contributed by atoms with Crippen molar-refractivity contribution in [3.05, 3.63) is 42.0 Å². The number of pyridine rings is 1. The van der Waals surface area contributed by atoms with Crippen LogP contribution in [0.15, 0.2) is 35.5 Å². The lowest BCUT2D eigenvalue weighted by atomic mass is 10.0. The molecule has 0 fully saturated rings. The van der Waals surface area contributed by atoms with E-state index in [9.17, 15) is 17.9 Å². The minimum Gasteiger partial charge on any atom is -0.495 e. The van der Waals surface area contributed by atoms with Crippen LogP contribution < -0.4 is 9.47 Å². The van der Waals surface area contributed by atoms with Crippen molar-refractivity contribution in [3.63, 3.8) is 0 Å². The Balaban J connectivity index is 2.29. The number of aromatic nitrogens is 2. The zero-order chi connectivity index (χ0) is 22.3. The molecule has 0 aliphatic carbocycles. The SMILES string of the molecule is COc1cc2ncc(-c3cc(F)c(OC)c(CCO)c3)n2cc1S(=O)(=O)C(C)(C)C. The van der Waals surface area contributed by atoms with Gasteiger partial charge in [0.15, 0.2) is 21.4 Å². The molecule has 0 amide bonds. The number of hydrogen-bond acceptors (Lipinski definition) is 6. The Morgan fingerprint density at radius 1 is 1.17 bits per heavy atom. The lowest BCUT2D eigenvalue weighted by Gasteiger charge is -2.21. The van der Waals surface area contributed by atoms with Gasteiger partial charge in [-0.25, -0.2) is 17.8 Å². The number of aliphatic hydroxyl groups is 1. The number of fused-ring (bicyclic) bond motifs is 1. The van der Waals surface area contributed by atoms with Crippen molar-refractivity contribution in [3.8, 4) is 22.8 Å². The van der Waals surface area contributed by atoms with E-state index in [2.05, 4.69) is 4.98 Å². The summed E-state index contributed by atoms with van der Waals surface area (Å²) in [7, 11) is -0.959. The summed E-state index contributed by atoms with van der Waals surface area (Å²) in [5.41, 5.74) is 1.93. The molecule has 0 saturated heterocycles. The highest BCUT2D eigenvalue weighted by Gasteiger charge is 2.34. The van der Waals surface area contributed by atoms with Gasteiger partial charge in [0, 0.05) is 30.0 Å². The number of aliphatic hydroxyl groups excluding tert-OH is 1. The topological polar surface area (TPSA) is 90.1 Å². The molecule has 7 nitrogen and oxygen atoms in total. The second kappa shape index (κ2) is 7.88. The van der Waals surface area contributed by atoms with Gasteiger partial charge in [-0.1, -0.05) is 0 Å². The Hall–Kier alpha value is -2.65. The van der Waals surface area contributed by atoms with E-state index in [4.69, 9.17) is 9.47 Å². The van der Waals surface area contributed by atoms with Gasteiger partial charge in [-0.3, -0.25) is 4.40 Å². The number of hydrogen-bond donors (Lipinski definition) is 1. The average molecular weight is 437 g/mol. The van der Waals surface area contributed by atoms with Gasteiger partial charge in [-0.05, 0) is 39.3 Å². The van der Waals surface area contributed by atoms with E-state index in [0.29, 0.717) is 22.5 Å². The Morgan fingerprint density at radius 3 is 2.43 bits per heavy atom. The molecule has 2 heterocycles. The number of benzene rings is 1. The Morgan fingerprint density at radius 2 is 1.87 bits per heavy atom. The molecule has 162 valence electrons. The largest absolute Gasteiger partial charge is 0.495 e. The Bertz CT molecular complexity index is 1200. The van der Waals surface area contributed by atoms with Crippen LogP contribution in [0.25, 0.3) is 16.9 Å². The Kier molecular flexibility index (Phi) is 5.79. The molecule has 0 saturated carbocycles. The molecule has 0 spiro atoms. The van der Waals surface area contributed by atoms with E-state index in [1.54, 1.807) is 31.2 Å². The summed E-state index contributed by atoms with van der Waals surface area (Å²) in [4.78, 5) is 4.34. The highest BCUT2D eigenvalue weighted by atomic mass is 32.2. The van der Waals surface area contributed by atoms with Gasteiger partial charge in [-0.15, -0.1) is 0 Å². The van der Waals surface area contributed by atoms with Crippen molar-refractivity contribution in [2.75, 3.05) is 20.8 Å². The van der Waals surface area contributed by atoms with Gasteiger partial charge in [0.1, 0.15) is 16.3 Å². The number of halogens is 1. The number of sulfone groups is 1. The third-order valence-electron chi connectivity index (χ3n) is 4.89. The fourth-order valence-corrected chi connectivity index (χ4v) is 4.54. The van der Waals surface area contributed by atoms with Gasteiger partial charge in [-0.2, -0.15) is 0 Å².